The molecule has 0 amide bonds. The molecule has 0 saturated heterocycles. The second-order valence-electron chi connectivity index (χ2n) is 6.67. The number of nitrogens with zero attached hydrogens (tertiary/aromatic N) is 1. The SMILES string of the molecule is C=C(C#Cc1ccc(CCC)cc1)/C=C(\c1cnccc1C)C(C)C.CC. The molecule has 0 aliphatic rings. The fraction of sp³-hybridized carbons (Fsp3) is 0.346. The third kappa shape index (κ3) is 7.27. The van der Waals surface area contributed by atoms with Crippen LogP contribution in [-0.2, 0) is 6.42 Å². The van der Waals surface area contributed by atoms with Crippen molar-refractivity contribution in [1.29, 1.82) is 0 Å². The lowest BCUT2D eigenvalue weighted by atomic mass is 9.92. The molecule has 0 saturated carbocycles. The summed E-state index contributed by atoms with van der Waals surface area (Å²) in [5, 5.41) is 0. The Bertz CT molecular complexity index is 811. The maximum Gasteiger partial charge on any atom is 0.0345 e. The van der Waals surface area contributed by atoms with Gasteiger partial charge < -0.3 is 0 Å². The van der Waals surface area contributed by atoms with Crippen molar-refractivity contribution in [3.8, 4) is 11.8 Å². The molecule has 27 heavy (non-hydrogen) atoms. The molecule has 1 heteroatoms. The zero-order valence-electron chi connectivity index (χ0n) is 17.8. The molecule has 0 bridgehead atoms. The van der Waals surface area contributed by atoms with Crippen molar-refractivity contribution in [3.05, 3.63) is 83.2 Å². The van der Waals surface area contributed by atoms with E-state index in [1.807, 2.05) is 32.3 Å². The van der Waals surface area contributed by atoms with E-state index in [-0.39, 0.29) is 0 Å². The van der Waals surface area contributed by atoms with E-state index in [0.717, 1.165) is 17.6 Å². The Morgan fingerprint density at radius 2 is 1.81 bits per heavy atom. The van der Waals surface area contributed by atoms with Crippen LogP contribution in [0.3, 0.4) is 0 Å². The first-order valence-corrected chi connectivity index (χ1v) is 9.93. The lowest BCUT2D eigenvalue weighted by molar-refractivity contribution is 0.852. The molecule has 0 aliphatic carbocycles. The highest BCUT2D eigenvalue weighted by Crippen LogP contribution is 2.26. The highest BCUT2D eigenvalue weighted by molar-refractivity contribution is 5.72. The van der Waals surface area contributed by atoms with E-state index in [1.54, 1.807) is 0 Å². The topological polar surface area (TPSA) is 12.9 Å². The van der Waals surface area contributed by atoms with Crippen LogP contribution >= 0.6 is 0 Å². The normalized spacial score (nSPS) is 10.6. The third-order valence-corrected chi connectivity index (χ3v) is 4.16. The highest BCUT2D eigenvalue weighted by atomic mass is 14.6. The Balaban J connectivity index is 0.00000176. The van der Waals surface area contributed by atoms with Crippen molar-refractivity contribution in [3.63, 3.8) is 0 Å². The van der Waals surface area contributed by atoms with E-state index in [4.69, 9.17) is 0 Å². The van der Waals surface area contributed by atoms with Gasteiger partial charge in [0.05, 0.1) is 0 Å². The van der Waals surface area contributed by atoms with Gasteiger partial charge in [-0.15, -0.1) is 0 Å². The minimum atomic E-state index is 0.384. The molecule has 2 rings (SSSR count). The van der Waals surface area contributed by atoms with Crippen LogP contribution in [0.15, 0.2) is 61.0 Å². The van der Waals surface area contributed by atoms with Crippen LogP contribution in [0.2, 0.25) is 0 Å². The molecule has 1 heterocycles. The zero-order chi connectivity index (χ0) is 20.2. The quantitative estimate of drug-likeness (QED) is 0.413. The molecule has 2 aromatic rings. The van der Waals surface area contributed by atoms with E-state index < -0.39 is 0 Å². The van der Waals surface area contributed by atoms with Crippen molar-refractivity contribution in [2.24, 2.45) is 5.92 Å². The van der Waals surface area contributed by atoms with Gasteiger partial charge in [0.2, 0.25) is 0 Å². The lowest BCUT2D eigenvalue weighted by Gasteiger charge is -2.13. The van der Waals surface area contributed by atoms with E-state index in [9.17, 15) is 0 Å². The van der Waals surface area contributed by atoms with Gasteiger partial charge in [-0.3, -0.25) is 4.98 Å². The van der Waals surface area contributed by atoms with Crippen molar-refractivity contribution in [1.82, 2.24) is 4.98 Å². The number of rotatable bonds is 5. The molecule has 1 aromatic heterocycles. The molecule has 1 aromatic carbocycles. The summed E-state index contributed by atoms with van der Waals surface area (Å²) in [6, 6.07) is 10.5. The molecule has 0 aliphatic heterocycles. The number of benzene rings is 1. The first-order valence-electron chi connectivity index (χ1n) is 9.93. The predicted octanol–water partition coefficient (Wildman–Crippen LogP) is 7.02. The molecule has 0 unspecified atom stereocenters. The van der Waals surface area contributed by atoms with Gasteiger partial charge in [0.15, 0.2) is 0 Å². The summed E-state index contributed by atoms with van der Waals surface area (Å²) in [5.74, 6) is 6.78. The molecule has 1 nitrogen and oxygen atoms in total. The second kappa shape index (κ2) is 11.9. The Hall–Kier alpha value is -2.59. The van der Waals surface area contributed by atoms with Crippen LogP contribution in [0.1, 0.15) is 63.3 Å². The highest BCUT2D eigenvalue weighted by Gasteiger charge is 2.09. The molecule has 0 radical (unpaired) electrons. The van der Waals surface area contributed by atoms with Crippen molar-refractivity contribution in [2.75, 3.05) is 0 Å². The minimum Gasteiger partial charge on any atom is -0.264 e. The van der Waals surface area contributed by atoms with Gasteiger partial charge in [-0.1, -0.05) is 71.6 Å². The molecular weight excluding hydrogens is 326 g/mol. The number of aromatic nitrogens is 1. The number of aryl methyl sites for hydroxylation is 2. The van der Waals surface area contributed by atoms with Gasteiger partial charge >= 0.3 is 0 Å². The Kier molecular flexibility index (Phi) is 9.91. The van der Waals surface area contributed by atoms with E-state index in [0.29, 0.717) is 5.92 Å². The minimum absolute atomic E-state index is 0.384. The number of hydrogen-bond donors (Lipinski definition) is 0. The number of pyridine rings is 1. The molecule has 142 valence electrons. The molecular formula is C26H33N. The summed E-state index contributed by atoms with van der Waals surface area (Å²) in [6.45, 7) is 16.8. The number of allylic oxidation sites excluding steroid dienone is 3. The van der Waals surface area contributed by atoms with Gasteiger partial charge in [0.1, 0.15) is 0 Å². The standard InChI is InChI=1S/C24H27N.C2H6/c1-6-7-21-10-12-22(13-11-21)9-8-19(4)16-23(18(2)3)24-17-25-15-14-20(24)5;1-2/h10-18H,4,6-7H2,1-3,5H3;1-2H3/b23-16-;. The van der Waals surface area contributed by atoms with Crippen molar-refractivity contribution in [2.45, 2.75) is 54.4 Å². The third-order valence-electron chi connectivity index (χ3n) is 4.16. The van der Waals surface area contributed by atoms with Crippen LogP contribution in [0.5, 0.6) is 0 Å². The van der Waals surface area contributed by atoms with Crippen LogP contribution in [-0.4, -0.2) is 4.98 Å². The van der Waals surface area contributed by atoms with E-state index in [1.165, 1.54) is 28.7 Å². The van der Waals surface area contributed by atoms with Crippen LogP contribution < -0.4 is 0 Å². The van der Waals surface area contributed by atoms with Crippen molar-refractivity contribution < 1.29 is 0 Å². The monoisotopic (exact) mass is 359 g/mol. The molecule has 0 spiro atoms. The van der Waals surface area contributed by atoms with Crippen LogP contribution in [0.25, 0.3) is 5.57 Å². The van der Waals surface area contributed by atoms with E-state index in [2.05, 4.69) is 81.4 Å². The Labute approximate surface area is 166 Å². The summed E-state index contributed by atoms with van der Waals surface area (Å²) in [5.41, 5.74) is 6.83. The summed E-state index contributed by atoms with van der Waals surface area (Å²) < 4.78 is 0. The molecule has 0 N–H and O–H groups in total. The van der Waals surface area contributed by atoms with Gasteiger partial charge in [0.25, 0.3) is 0 Å². The first-order chi connectivity index (χ1) is 13.0. The van der Waals surface area contributed by atoms with Gasteiger partial charge in [0, 0.05) is 23.5 Å². The smallest absolute Gasteiger partial charge is 0.0345 e. The fourth-order valence-electron chi connectivity index (χ4n) is 2.74. The summed E-state index contributed by atoms with van der Waals surface area (Å²) in [4.78, 5) is 4.27. The van der Waals surface area contributed by atoms with Gasteiger partial charge in [-0.05, 0) is 65.8 Å². The zero-order valence-corrected chi connectivity index (χ0v) is 17.8. The summed E-state index contributed by atoms with van der Waals surface area (Å²) in [7, 11) is 0. The average Bonchev–Trinajstić information content (AvgIpc) is 2.68. The van der Waals surface area contributed by atoms with Crippen LogP contribution in [0.4, 0.5) is 0 Å². The van der Waals surface area contributed by atoms with E-state index >= 15 is 0 Å². The lowest BCUT2D eigenvalue weighted by Crippen LogP contribution is -1.98. The summed E-state index contributed by atoms with van der Waals surface area (Å²) in [6.07, 6.45) is 8.12. The average molecular weight is 360 g/mol. The molecule has 0 atom stereocenters. The summed E-state index contributed by atoms with van der Waals surface area (Å²) >= 11 is 0. The van der Waals surface area contributed by atoms with Gasteiger partial charge in [-0.2, -0.15) is 0 Å². The fourth-order valence-corrected chi connectivity index (χ4v) is 2.74. The first kappa shape index (κ1) is 22.5. The Morgan fingerprint density at radius 3 is 2.37 bits per heavy atom. The maximum absolute atomic E-state index is 4.27. The van der Waals surface area contributed by atoms with Crippen molar-refractivity contribution >= 4 is 5.57 Å². The molecule has 0 fully saturated rings. The van der Waals surface area contributed by atoms with Gasteiger partial charge in [-0.25, -0.2) is 0 Å². The predicted molar refractivity (Wildman–Crippen MR) is 120 cm³/mol. The largest absolute Gasteiger partial charge is 0.264 e. The Morgan fingerprint density at radius 1 is 1.15 bits per heavy atom. The second-order valence-corrected chi connectivity index (χ2v) is 6.67. The van der Waals surface area contributed by atoms with Crippen LogP contribution in [0, 0.1) is 24.7 Å². The number of hydrogen-bond acceptors (Lipinski definition) is 1. The maximum atomic E-state index is 4.27.